The van der Waals surface area contributed by atoms with E-state index in [-0.39, 0.29) is 5.92 Å². The van der Waals surface area contributed by atoms with E-state index in [4.69, 9.17) is 0 Å². The minimum Gasteiger partial charge on any atom is -0.480 e. The van der Waals surface area contributed by atoms with E-state index in [0.29, 0.717) is 5.75 Å². The molecule has 1 heterocycles. The predicted octanol–water partition coefficient (Wildman–Crippen LogP) is 2.47. The van der Waals surface area contributed by atoms with Gasteiger partial charge in [0.15, 0.2) is 0 Å². The molecule has 0 saturated heterocycles. The van der Waals surface area contributed by atoms with Gasteiger partial charge in [-0.25, -0.2) is 4.98 Å². The Morgan fingerprint density at radius 2 is 2.50 bits per heavy atom. The fourth-order valence-corrected chi connectivity index (χ4v) is 3.93. The average Bonchev–Trinajstić information content (AvgIpc) is 3.07. The molecule has 1 aromatic rings. The smallest absolute Gasteiger partial charge is 0.325 e. The van der Waals surface area contributed by atoms with E-state index in [1.54, 1.807) is 29.3 Å². The van der Waals surface area contributed by atoms with Crippen molar-refractivity contribution in [1.82, 2.24) is 10.3 Å². The number of aliphatic carboxylic acids is 1. The first-order valence-electron chi connectivity index (χ1n) is 6.19. The molecule has 1 aliphatic rings. The molecule has 1 aliphatic carbocycles. The van der Waals surface area contributed by atoms with Crippen LogP contribution in [0.4, 0.5) is 0 Å². The number of nitrogens with one attached hydrogen (secondary N) is 1. The number of carbonyl (C=O) groups is 1. The highest BCUT2D eigenvalue weighted by molar-refractivity contribution is 8.01. The number of thiazole rings is 1. The zero-order valence-corrected chi connectivity index (χ0v) is 12.0. The molecule has 0 amide bonds. The highest BCUT2D eigenvalue weighted by Gasteiger charge is 2.50. The number of carboxylic acid groups (broad SMARTS) is 1. The minimum atomic E-state index is -0.771. The molecule has 0 spiro atoms. The topological polar surface area (TPSA) is 62.2 Å². The molecule has 1 atom stereocenters. The average molecular weight is 286 g/mol. The summed E-state index contributed by atoms with van der Waals surface area (Å²) in [7, 11) is 0. The molecule has 6 heteroatoms. The van der Waals surface area contributed by atoms with Gasteiger partial charge in [-0.05, 0) is 31.7 Å². The van der Waals surface area contributed by atoms with Crippen molar-refractivity contribution >= 4 is 29.1 Å². The van der Waals surface area contributed by atoms with Crippen LogP contribution in [0.2, 0.25) is 0 Å². The third kappa shape index (κ3) is 3.05. The SMILES string of the molecule is CCCNC(CSc1nccs1)(C(=O)O)C1CC1. The summed E-state index contributed by atoms with van der Waals surface area (Å²) in [5.74, 6) is 0.108. The van der Waals surface area contributed by atoms with E-state index < -0.39 is 11.5 Å². The van der Waals surface area contributed by atoms with Gasteiger partial charge in [0.05, 0.1) is 0 Å². The van der Waals surface area contributed by atoms with Crippen molar-refractivity contribution in [1.29, 1.82) is 0 Å². The lowest BCUT2D eigenvalue weighted by Gasteiger charge is -2.30. The number of rotatable bonds is 8. The highest BCUT2D eigenvalue weighted by Crippen LogP contribution is 2.42. The number of carboxylic acids is 1. The zero-order chi connectivity index (χ0) is 13.0. The van der Waals surface area contributed by atoms with Crippen LogP contribution >= 0.6 is 23.1 Å². The molecule has 100 valence electrons. The molecule has 1 fully saturated rings. The maximum atomic E-state index is 11.7. The zero-order valence-electron chi connectivity index (χ0n) is 10.4. The Morgan fingerprint density at radius 1 is 1.72 bits per heavy atom. The molecule has 0 bridgehead atoms. The second kappa shape index (κ2) is 6.04. The summed E-state index contributed by atoms with van der Waals surface area (Å²) in [6.07, 6.45) is 4.73. The molecule has 0 radical (unpaired) electrons. The Bertz CT molecular complexity index is 393. The van der Waals surface area contributed by atoms with Crippen LogP contribution in [0, 0.1) is 5.92 Å². The summed E-state index contributed by atoms with van der Waals surface area (Å²) in [6, 6.07) is 0. The molecule has 0 aliphatic heterocycles. The van der Waals surface area contributed by atoms with Gasteiger partial charge in [0.25, 0.3) is 0 Å². The minimum absolute atomic E-state index is 0.272. The van der Waals surface area contributed by atoms with Gasteiger partial charge in [0.2, 0.25) is 0 Å². The van der Waals surface area contributed by atoms with E-state index in [9.17, 15) is 9.90 Å². The van der Waals surface area contributed by atoms with E-state index >= 15 is 0 Å². The molecule has 4 nitrogen and oxygen atoms in total. The van der Waals surface area contributed by atoms with Crippen molar-refractivity contribution in [2.24, 2.45) is 5.92 Å². The Hall–Kier alpha value is -0.590. The Kier molecular flexibility index (Phi) is 4.64. The van der Waals surface area contributed by atoms with Crippen molar-refractivity contribution in [2.75, 3.05) is 12.3 Å². The summed E-state index contributed by atoms with van der Waals surface area (Å²) in [6.45, 7) is 2.81. The molecule has 1 aromatic heterocycles. The van der Waals surface area contributed by atoms with Crippen LogP contribution in [-0.4, -0.2) is 33.9 Å². The van der Waals surface area contributed by atoms with E-state index in [0.717, 1.165) is 30.1 Å². The first-order valence-corrected chi connectivity index (χ1v) is 8.06. The Labute approximate surface area is 115 Å². The summed E-state index contributed by atoms with van der Waals surface area (Å²) >= 11 is 3.11. The second-order valence-corrected chi connectivity index (χ2v) is 6.68. The van der Waals surface area contributed by atoms with Gasteiger partial charge in [0.1, 0.15) is 9.88 Å². The van der Waals surface area contributed by atoms with Gasteiger partial charge in [-0.15, -0.1) is 11.3 Å². The predicted molar refractivity (Wildman–Crippen MR) is 74.2 cm³/mol. The van der Waals surface area contributed by atoms with Crippen LogP contribution in [0.3, 0.4) is 0 Å². The largest absolute Gasteiger partial charge is 0.480 e. The first-order chi connectivity index (χ1) is 8.69. The summed E-state index contributed by atoms with van der Waals surface area (Å²) in [5.41, 5.74) is -0.771. The van der Waals surface area contributed by atoms with Crippen molar-refractivity contribution in [2.45, 2.75) is 36.1 Å². The Balaban J connectivity index is 2.04. The molecule has 1 unspecified atom stereocenters. The van der Waals surface area contributed by atoms with Crippen LogP contribution in [0.5, 0.6) is 0 Å². The Morgan fingerprint density at radius 3 is 3.00 bits per heavy atom. The van der Waals surface area contributed by atoms with Crippen molar-refractivity contribution in [3.63, 3.8) is 0 Å². The molecular weight excluding hydrogens is 268 g/mol. The third-order valence-corrected chi connectivity index (χ3v) is 5.34. The second-order valence-electron chi connectivity index (χ2n) is 4.56. The first kappa shape index (κ1) is 13.8. The van der Waals surface area contributed by atoms with Gasteiger partial charge in [-0.3, -0.25) is 4.79 Å². The van der Waals surface area contributed by atoms with Crippen molar-refractivity contribution in [3.8, 4) is 0 Å². The summed E-state index contributed by atoms with van der Waals surface area (Å²) < 4.78 is 0.944. The standard InChI is InChI=1S/C12H18N2O2S2/c1-2-5-14-12(10(15)16,9-3-4-9)8-18-11-13-6-7-17-11/h6-7,9,14H,2-5,8H2,1H3,(H,15,16). The summed E-state index contributed by atoms with van der Waals surface area (Å²) in [4.78, 5) is 15.9. The van der Waals surface area contributed by atoms with E-state index in [1.807, 2.05) is 5.38 Å². The molecular formula is C12H18N2O2S2. The summed E-state index contributed by atoms with van der Waals surface area (Å²) in [5, 5.41) is 14.8. The van der Waals surface area contributed by atoms with Crippen molar-refractivity contribution in [3.05, 3.63) is 11.6 Å². The van der Waals surface area contributed by atoms with E-state index in [2.05, 4.69) is 17.2 Å². The molecule has 0 aromatic carbocycles. The number of aromatic nitrogens is 1. The number of thioether (sulfide) groups is 1. The maximum absolute atomic E-state index is 11.7. The number of hydrogen-bond acceptors (Lipinski definition) is 5. The fourth-order valence-electron chi connectivity index (χ4n) is 2.01. The fraction of sp³-hybridized carbons (Fsp3) is 0.667. The van der Waals surface area contributed by atoms with Crippen LogP contribution in [0.1, 0.15) is 26.2 Å². The van der Waals surface area contributed by atoms with Gasteiger partial charge in [0, 0.05) is 17.3 Å². The quantitative estimate of drug-likeness (QED) is 0.719. The van der Waals surface area contributed by atoms with Gasteiger partial charge >= 0.3 is 5.97 Å². The van der Waals surface area contributed by atoms with Crippen LogP contribution < -0.4 is 5.32 Å². The van der Waals surface area contributed by atoms with Gasteiger partial charge in [-0.2, -0.15) is 0 Å². The van der Waals surface area contributed by atoms with Crippen LogP contribution in [0.15, 0.2) is 15.9 Å². The normalized spacial score (nSPS) is 18.5. The van der Waals surface area contributed by atoms with Gasteiger partial charge < -0.3 is 10.4 Å². The third-order valence-electron chi connectivity index (χ3n) is 3.18. The molecule has 18 heavy (non-hydrogen) atoms. The number of hydrogen-bond donors (Lipinski definition) is 2. The van der Waals surface area contributed by atoms with Crippen molar-refractivity contribution < 1.29 is 9.90 Å². The lowest BCUT2D eigenvalue weighted by Crippen LogP contribution is -2.56. The lowest BCUT2D eigenvalue weighted by molar-refractivity contribution is -0.144. The van der Waals surface area contributed by atoms with Crippen LogP contribution in [-0.2, 0) is 4.79 Å². The lowest BCUT2D eigenvalue weighted by atomic mass is 9.95. The number of nitrogens with zero attached hydrogens (tertiary/aromatic N) is 1. The molecule has 2 N–H and O–H groups in total. The molecule has 2 rings (SSSR count). The highest BCUT2D eigenvalue weighted by atomic mass is 32.2. The molecule has 1 saturated carbocycles. The maximum Gasteiger partial charge on any atom is 0.325 e. The van der Waals surface area contributed by atoms with E-state index in [1.165, 1.54) is 0 Å². The van der Waals surface area contributed by atoms with Gasteiger partial charge in [-0.1, -0.05) is 18.7 Å². The monoisotopic (exact) mass is 286 g/mol. The van der Waals surface area contributed by atoms with Crippen LogP contribution in [0.25, 0.3) is 0 Å².